The van der Waals surface area contributed by atoms with E-state index in [9.17, 15) is 45.8 Å². The van der Waals surface area contributed by atoms with Crippen LogP contribution in [0.4, 0.5) is 35.9 Å². The first-order valence-corrected chi connectivity index (χ1v) is 14.7. The lowest BCUT2D eigenvalue weighted by molar-refractivity contribution is -0.929. The van der Waals surface area contributed by atoms with Crippen molar-refractivity contribution in [1.29, 1.82) is 0 Å². The Kier molecular flexibility index (Phi) is 8.09. The highest BCUT2D eigenvalue weighted by Crippen LogP contribution is 2.40. The molecular formula is C30H28F6N4O4S. The zero-order valence-electron chi connectivity index (χ0n) is 24.3. The fraction of sp³-hybridized carbons (Fsp3) is 0.400. The number of fused-ring (bicyclic) bond motifs is 1. The Morgan fingerprint density at radius 2 is 1.78 bits per heavy atom. The van der Waals surface area contributed by atoms with Crippen LogP contribution in [0.25, 0.3) is 17.0 Å². The van der Waals surface area contributed by atoms with E-state index >= 15 is 0 Å². The van der Waals surface area contributed by atoms with Crippen molar-refractivity contribution in [3.05, 3.63) is 69.8 Å². The van der Waals surface area contributed by atoms with Crippen molar-refractivity contribution in [2.24, 2.45) is 0 Å². The number of rotatable bonds is 5. The maximum Gasteiger partial charge on any atom is 0.416 e. The fourth-order valence-electron chi connectivity index (χ4n) is 6.26. The first-order valence-electron chi connectivity index (χ1n) is 13.9. The van der Waals surface area contributed by atoms with Crippen molar-refractivity contribution < 1.29 is 50.3 Å². The van der Waals surface area contributed by atoms with Crippen LogP contribution in [0.5, 0.6) is 0 Å². The van der Waals surface area contributed by atoms with Crippen LogP contribution in [0.2, 0.25) is 0 Å². The van der Waals surface area contributed by atoms with Gasteiger partial charge in [0.15, 0.2) is 0 Å². The summed E-state index contributed by atoms with van der Waals surface area (Å²) in [4.78, 5) is 39.6. The average molecular weight is 655 g/mol. The lowest BCUT2D eigenvalue weighted by atomic mass is 9.99. The fourth-order valence-corrected chi connectivity index (χ4v) is 7.11. The summed E-state index contributed by atoms with van der Waals surface area (Å²) in [5.41, 5.74) is -3.05. The summed E-state index contributed by atoms with van der Waals surface area (Å²) in [6.07, 6.45) is -7.25. The number of thioether (sulfide) groups is 1. The van der Waals surface area contributed by atoms with Gasteiger partial charge < -0.3 is 9.90 Å². The number of imide groups is 1. The topological polar surface area (TPSA) is 95.3 Å². The zero-order valence-corrected chi connectivity index (χ0v) is 25.1. The summed E-state index contributed by atoms with van der Waals surface area (Å²) < 4.78 is 81.0. The normalized spacial score (nSPS) is 22.3. The quantitative estimate of drug-likeness (QED) is 0.183. The second-order valence-electron chi connectivity index (χ2n) is 12.1. The highest BCUT2D eigenvalue weighted by Gasteiger charge is 2.54. The molecule has 2 aliphatic rings. The van der Waals surface area contributed by atoms with Crippen molar-refractivity contribution in [3.63, 3.8) is 0 Å². The van der Waals surface area contributed by atoms with E-state index in [1.165, 1.54) is 17.0 Å². The minimum Gasteiger partial charge on any atom is -0.498 e. The number of hydrogen-bond donors (Lipinski definition) is 0. The van der Waals surface area contributed by atoms with E-state index in [1.54, 1.807) is 39.0 Å². The monoisotopic (exact) mass is 654 g/mol. The Labute approximate surface area is 257 Å². The Bertz CT molecular complexity index is 1730. The van der Waals surface area contributed by atoms with Gasteiger partial charge in [-0.1, -0.05) is 12.1 Å². The second-order valence-corrected chi connectivity index (χ2v) is 13.1. The molecule has 3 heterocycles. The summed E-state index contributed by atoms with van der Waals surface area (Å²) >= 11 is 0.716. The van der Waals surface area contributed by atoms with E-state index in [2.05, 4.69) is 5.10 Å². The molecule has 2 atom stereocenters. The van der Waals surface area contributed by atoms with E-state index in [1.807, 2.05) is 0 Å². The van der Waals surface area contributed by atoms with Gasteiger partial charge in [0, 0.05) is 18.2 Å². The smallest absolute Gasteiger partial charge is 0.416 e. The van der Waals surface area contributed by atoms with E-state index < -0.39 is 64.4 Å². The van der Waals surface area contributed by atoms with Crippen molar-refractivity contribution >= 4 is 46.0 Å². The van der Waals surface area contributed by atoms with Gasteiger partial charge in [0.2, 0.25) is 0 Å². The number of quaternary nitrogens is 1. The van der Waals surface area contributed by atoms with Crippen LogP contribution in [0, 0.1) is 0 Å². The minimum atomic E-state index is -5.02. The van der Waals surface area contributed by atoms with Crippen LogP contribution in [0.1, 0.15) is 55.9 Å². The van der Waals surface area contributed by atoms with Crippen LogP contribution in [-0.4, -0.2) is 61.1 Å². The third-order valence-corrected chi connectivity index (χ3v) is 9.40. The number of hydrogen-bond acceptors (Lipinski definition) is 6. The number of benzene rings is 2. The maximum atomic E-state index is 13.6. The predicted octanol–water partition coefficient (Wildman–Crippen LogP) is 6.28. The van der Waals surface area contributed by atoms with Gasteiger partial charge in [-0.25, -0.2) is 0 Å². The third kappa shape index (κ3) is 5.94. The molecular weight excluding hydrogens is 626 g/mol. The van der Waals surface area contributed by atoms with Gasteiger partial charge in [0.25, 0.3) is 17.2 Å². The number of carbonyl (C=O) groups is 3. The minimum absolute atomic E-state index is 0.0804. The standard InChI is InChI=1S/C30H28F6N4O4S/c1-28(2,3)40(27(43)44)10-4-5-21(40)16-38-25(41)24(45-26(38)42)12-17-6-9-23-19(11-17)14-37-39(23)15-18-7-8-20(29(31,32)33)13-22(18)30(34,35)36/h6-9,11-14,21H,4-5,10,15-16H2,1-3H3/t21-,40?/m0/s1. The van der Waals surface area contributed by atoms with E-state index in [0.29, 0.717) is 53.7 Å². The Morgan fingerprint density at radius 1 is 1.07 bits per heavy atom. The van der Waals surface area contributed by atoms with E-state index in [0.717, 1.165) is 11.0 Å². The van der Waals surface area contributed by atoms with E-state index in [-0.39, 0.29) is 22.0 Å². The molecule has 2 fully saturated rings. The molecule has 0 spiro atoms. The molecule has 1 aromatic heterocycles. The molecule has 0 bridgehead atoms. The van der Waals surface area contributed by atoms with Gasteiger partial charge in [-0.15, -0.1) is 0 Å². The zero-order chi connectivity index (χ0) is 33.1. The van der Waals surface area contributed by atoms with Crippen molar-refractivity contribution in [2.75, 3.05) is 13.1 Å². The Morgan fingerprint density at radius 3 is 2.40 bits per heavy atom. The molecule has 2 saturated heterocycles. The molecule has 3 amide bonds. The van der Waals surface area contributed by atoms with Crippen molar-refractivity contribution in [1.82, 2.24) is 14.7 Å². The molecule has 0 aliphatic carbocycles. The van der Waals surface area contributed by atoms with Gasteiger partial charge in [0.05, 0.1) is 52.9 Å². The van der Waals surface area contributed by atoms with Crippen LogP contribution in [-0.2, 0) is 23.7 Å². The number of nitrogens with zero attached hydrogens (tertiary/aromatic N) is 4. The van der Waals surface area contributed by atoms with Crippen molar-refractivity contribution in [3.8, 4) is 0 Å². The third-order valence-electron chi connectivity index (χ3n) is 8.49. The van der Waals surface area contributed by atoms with Gasteiger partial charge >= 0.3 is 12.4 Å². The lowest BCUT2D eigenvalue weighted by Gasteiger charge is -2.49. The first-order chi connectivity index (χ1) is 20.8. The van der Waals surface area contributed by atoms with Crippen LogP contribution in [0.3, 0.4) is 0 Å². The second kappa shape index (κ2) is 11.2. The van der Waals surface area contributed by atoms with Gasteiger partial charge in [-0.2, -0.15) is 31.4 Å². The molecule has 15 heteroatoms. The number of carboxylic acid groups (broad SMARTS) is 1. The first kappa shape index (κ1) is 32.5. The Balaban J connectivity index is 1.38. The number of amides is 3. The van der Waals surface area contributed by atoms with Crippen LogP contribution in [0.15, 0.2) is 47.5 Å². The molecule has 5 rings (SSSR count). The van der Waals surface area contributed by atoms with Gasteiger partial charge in [0.1, 0.15) is 6.04 Å². The summed E-state index contributed by atoms with van der Waals surface area (Å²) in [6, 6.07) is 5.65. The number of carbonyl (C=O) groups excluding carboxylic acids is 3. The largest absolute Gasteiger partial charge is 0.498 e. The number of halogens is 6. The average Bonchev–Trinajstić information content (AvgIpc) is 3.60. The molecule has 2 aromatic carbocycles. The molecule has 45 heavy (non-hydrogen) atoms. The molecule has 3 aromatic rings. The highest BCUT2D eigenvalue weighted by atomic mass is 32.2. The molecule has 240 valence electrons. The van der Waals surface area contributed by atoms with E-state index in [4.69, 9.17) is 0 Å². The molecule has 0 radical (unpaired) electrons. The molecule has 0 N–H and O–H groups in total. The summed E-state index contributed by atoms with van der Waals surface area (Å²) in [5.74, 6) is -0.569. The highest BCUT2D eigenvalue weighted by molar-refractivity contribution is 8.18. The van der Waals surface area contributed by atoms with Crippen LogP contribution >= 0.6 is 11.8 Å². The van der Waals surface area contributed by atoms with Gasteiger partial charge in [-0.3, -0.25) is 23.7 Å². The molecule has 8 nitrogen and oxygen atoms in total. The molecule has 2 aliphatic heterocycles. The Hall–Kier alpha value is -3.85. The summed E-state index contributed by atoms with van der Waals surface area (Å²) in [5, 5.41) is 16.4. The number of aromatic nitrogens is 2. The predicted molar refractivity (Wildman–Crippen MR) is 151 cm³/mol. The maximum absolute atomic E-state index is 13.6. The van der Waals surface area contributed by atoms with Crippen LogP contribution < -0.4 is 5.11 Å². The van der Waals surface area contributed by atoms with Gasteiger partial charge in [-0.05, 0) is 74.0 Å². The summed E-state index contributed by atoms with van der Waals surface area (Å²) in [7, 11) is 0. The molecule has 1 unspecified atom stereocenters. The SMILES string of the molecule is CC(C)(C)[N+]1(C(=O)[O-])CCC[C@H]1CN1C(=O)SC(=Cc2ccc3c(cnn3Cc3ccc(C(F)(F)F)cc3C(F)(F)F)c2)C1=O. The number of likely N-dealkylation sites (tertiary alicyclic amines) is 1. The lowest BCUT2D eigenvalue weighted by Crippen LogP contribution is -2.71. The number of alkyl halides is 6. The molecule has 0 saturated carbocycles. The summed E-state index contributed by atoms with van der Waals surface area (Å²) in [6.45, 7) is 5.15. The van der Waals surface area contributed by atoms with Crippen molar-refractivity contribution in [2.45, 2.75) is 64.1 Å².